The molecule has 3 aromatic rings. The van der Waals surface area contributed by atoms with Crippen LogP contribution in [0.15, 0.2) is 62.8 Å². The number of benzene rings is 2. The number of rotatable bonds is 8. The summed E-state index contributed by atoms with van der Waals surface area (Å²) in [4.78, 5) is 8.37. The highest BCUT2D eigenvalue weighted by atomic mass is 32.2. The normalized spacial score (nSPS) is 14.6. The van der Waals surface area contributed by atoms with E-state index in [1.165, 1.54) is 12.1 Å². The van der Waals surface area contributed by atoms with Crippen LogP contribution < -0.4 is 16.2 Å². The molecule has 1 unspecified atom stereocenters. The number of hydrogen-bond donors (Lipinski definition) is 4. The molecule has 0 saturated heterocycles. The van der Waals surface area contributed by atoms with Crippen molar-refractivity contribution in [3.63, 3.8) is 0 Å². The molecule has 9 nitrogen and oxygen atoms in total. The van der Waals surface area contributed by atoms with Crippen LogP contribution in [0.4, 0.5) is 0 Å². The third-order valence-corrected chi connectivity index (χ3v) is 5.89. The van der Waals surface area contributed by atoms with Crippen molar-refractivity contribution in [3.8, 4) is 0 Å². The van der Waals surface area contributed by atoms with E-state index in [0.717, 1.165) is 5.56 Å². The second-order valence-electron chi connectivity index (χ2n) is 6.96. The average molecular weight is 432 g/mol. The summed E-state index contributed by atoms with van der Waals surface area (Å²) < 4.78 is 32.3. The van der Waals surface area contributed by atoms with Crippen molar-refractivity contribution in [1.82, 2.24) is 9.71 Å². The first kappa shape index (κ1) is 21.8. The lowest BCUT2D eigenvalue weighted by atomic mass is 10.1. The number of nitrogens with two attached hydrogens (primary N) is 2. The van der Waals surface area contributed by atoms with Gasteiger partial charge in [-0.2, -0.15) is 0 Å². The van der Waals surface area contributed by atoms with Gasteiger partial charge in [0.25, 0.3) is 10.0 Å². The van der Waals surface area contributed by atoms with Crippen LogP contribution in [0.2, 0.25) is 0 Å². The summed E-state index contributed by atoms with van der Waals surface area (Å²) in [6, 6.07) is 13.0. The number of oxazole rings is 1. The number of aliphatic hydroxyl groups excluding tert-OH is 1. The molecule has 1 aromatic heterocycles. The summed E-state index contributed by atoms with van der Waals surface area (Å²) in [6.45, 7) is 2.11. The van der Waals surface area contributed by atoms with Gasteiger partial charge in [0, 0.05) is 12.6 Å². The molecule has 0 spiro atoms. The Hall–Kier alpha value is -2.95. The van der Waals surface area contributed by atoms with E-state index in [-0.39, 0.29) is 23.3 Å². The molecule has 0 amide bonds. The number of nitrogens with zero attached hydrogens (tertiary/aromatic N) is 2. The molecule has 0 aliphatic carbocycles. The van der Waals surface area contributed by atoms with Gasteiger partial charge in [-0.25, -0.2) is 18.1 Å². The molecule has 2 atom stereocenters. The van der Waals surface area contributed by atoms with Crippen LogP contribution in [-0.2, 0) is 10.0 Å². The molecule has 10 heteroatoms. The minimum atomic E-state index is -3.78. The van der Waals surface area contributed by atoms with Gasteiger partial charge in [-0.3, -0.25) is 4.99 Å². The lowest BCUT2D eigenvalue weighted by molar-refractivity contribution is 0.113. The van der Waals surface area contributed by atoms with Gasteiger partial charge in [-0.1, -0.05) is 29.8 Å². The number of fused-ring (bicyclic) bond motifs is 1. The maximum Gasteiger partial charge on any atom is 0.264 e. The second kappa shape index (κ2) is 9.24. The van der Waals surface area contributed by atoms with E-state index in [4.69, 9.17) is 15.9 Å². The Bertz CT molecular complexity index is 1090. The van der Waals surface area contributed by atoms with Crippen molar-refractivity contribution >= 4 is 27.1 Å². The van der Waals surface area contributed by atoms with Crippen molar-refractivity contribution in [2.24, 2.45) is 16.5 Å². The zero-order valence-corrected chi connectivity index (χ0v) is 17.3. The van der Waals surface area contributed by atoms with Crippen LogP contribution in [0.25, 0.3) is 11.1 Å². The zero-order chi connectivity index (χ0) is 21.7. The monoisotopic (exact) mass is 431 g/mol. The van der Waals surface area contributed by atoms with Crippen LogP contribution in [0.3, 0.4) is 0 Å². The fourth-order valence-corrected chi connectivity index (χ4v) is 3.78. The van der Waals surface area contributed by atoms with Crippen molar-refractivity contribution in [3.05, 3.63) is 60.0 Å². The molecule has 0 radical (unpaired) electrons. The van der Waals surface area contributed by atoms with E-state index in [1.807, 2.05) is 19.1 Å². The van der Waals surface area contributed by atoms with E-state index in [0.29, 0.717) is 23.9 Å². The summed E-state index contributed by atoms with van der Waals surface area (Å²) in [5.74, 6) is -0.0405. The van der Waals surface area contributed by atoms with Crippen LogP contribution in [0.5, 0.6) is 0 Å². The highest BCUT2D eigenvalue weighted by Gasteiger charge is 2.22. The number of hydrogen-bond acceptors (Lipinski definition) is 7. The molecule has 6 N–H and O–H groups in total. The quantitative estimate of drug-likeness (QED) is 0.239. The first-order valence-electron chi connectivity index (χ1n) is 9.45. The minimum absolute atomic E-state index is 0.106. The SMILES string of the molecule is Cc1ccc(S(=O)(=O)NC(N)=NCCC[C@H](N)C(O)c2nc3ccccc3o2)cc1. The van der Waals surface area contributed by atoms with Crippen molar-refractivity contribution in [1.29, 1.82) is 0 Å². The van der Waals surface area contributed by atoms with Gasteiger partial charge in [0.05, 0.1) is 4.90 Å². The Kier molecular flexibility index (Phi) is 6.70. The number of aromatic nitrogens is 1. The Morgan fingerprint density at radius 2 is 1.93 bits per heavy atom. The van der Waals surface area contributed by atoms with Gasteiger partial charge in [0.15, 0.2) is 5.58 Å². The minimum Gasteiger partial charge on any atom is -0.438 e. The summed E-state index contributed by atoms with van der Waals surface area (Å²) in [5.41, 5.74) is 13.9. The number of sulfonamides is 1. The molecule has 2 aromatic carbocycles. The first-order valence-corrected chi connectivity index (χ1v) is 10.9. The maximum atomic E-state index is 12.3. The topological polar surface area (TPSA) is 157 Å². The summed E-state index contributed by atoms with van der Waals surface area (Å²) in [7, 11) is -3.78. The third-order valence-electron chi connectivity index (χ3n) is 4.52. The average Bonchev–Trinajstić information content (AvgIpc) is 3.14. The molecule has 30 heavy (non-hydrogen) atoms. The molecular formula is C20H25N5O4S. The Morgan fingerprint density at radius 3 is 2.63 bits per heavy atom. The smallest absolute Gasteiger partial charge is 0.264 e. The number of para-hydroxylation sites is 2. The summed E-state index contributed by atoms with van der Waals surface area (Å²) >= 11 is 0. The highest BCUT2D eigenvalue weighted by Crippen LogP contribution is 2.22. The number of aliphatic hydroxyl groups is 1. The van der Waals surface area contributed by atoms with Crippen LogP contribution in [-0.4, -0.2) is 37.1 Å². The lowest BCUT2D eigenvalue weighted by Gasteiger charge is -2.15. The zero-order valence-electron chi connectivity index (χ0n) is 16.5. The Labute approximate surface area is 174 Å². The van der Waals surface area contributed by atoms with Crippen LogP contribution in [0.1, 0.15) is 30.4 Å². The van der Waals surface area contributed by atoms with E-state index >= 15 is 0 Å². The molecule has 0 aliphatic rings. The van der Waals surface area contributed by atoms with Gasteiger partial charge >= 0.3 is 0 Å². The molecule has 3 rings (SSSR count). The maximum absolute atomic E-state index is 12.3. The van der Waals surface area contributed by atoms with E-state index in [1.54, 1.807) is 24.3 Å². The van der Waals surface area contributed by atoms with Gasteiger partial charge in [-0.15, -0.1) is 0 Å². The van der Waals surface area contributed by atoms with Gasteiger partial charge in [0.1, 0.15) is 11.6 Å². The molecular weight excluding hydrogens is 406 g/mol. The van der Waals surface area contributed by atoms with E-state index in [9.17, 15) is 13.5 Å². The van der Waals surface area contributed by atoms with E-state index in [2.05, 4.69) is 14.7 Å². The molecule has 0 fully saturated rings. The fraction of sp³-hybridized carbons (Fsp3) is 0.300. The molecule has 0 aliphatic heterocycles. The highest BCUT2D eigenvalue weighted by molar-refractivity contribution is 7.90. The lowest BCUT2D eigenvalue weighted by Crippen LogP contribution is -2.37. The standard InChI is InChI=1S/C20H25N5O4S/c1-13-8-10-14(11-9-13)30(27,28)25-20(22)23-12-4-5-15(21)18(26)19-24-16-6-2-3-7-17(16)29-19/h2-3,6-11,15,18,26H,4-5,12,21H2,1H3,(H3,22,23,25)/t15-,18?/m0/s1. The van der Waals surface area contributed by atoms with Crippen LogP contribution >= 0.6 is 0 Å². The predicted molar refractivity (Wildman–Crippen MR) is 114 cm³/mol. The van der Waals surface area contributed by atoms with Gasteiger partial charge in [-0.05, 0) is 44.0 Å². The number of nitrogens with one attached hydrogen (secondary N) is 1. The van der Waals surface area contributed by atoms with Gasteiger partial charge < -0.3 is 21.0 Å². The Balaban J connectivity index is 1.50. The van der Waals surface area contributed by atoms with Crippen molar-refractivity contribution in [2.45, 2.75) is 36.8 Å². The predicted octanol–water partition coefficient (Wildman–Crippen LogP) is 1.57. The number of aryl methyl sites for hydroxylation is 1. The summed E-state index contributed by atoms with van der Waals surface area (Å²) in [6.07, 6.45) is -0.147. The third kappa shape index (κ3) is 5.35. The summed E-state index contributed by atoms with van der Waals surface area (Å²) in [5, 5.41) is 10.4. The first-order chi connectivity index (χ1) is 14.3. The molecule has 0 bridgehead atoms. The van der Waals surface area contributed by atoms with Gasteiger partial charge in [0.2, 0.25) is 11.9 Å². The molecule has 160 valence electrons. The van der Waals surface area contributed by atoms with E-state index < -0.39 is 22.2 Å². The Morgan fingerprint density at radius 1 is 1.23 bits per heavy atom. The van der Waals surface area contributed by atoms with Crippen molar-refractivity contribution < 1.29 is 17.9 Å². The van der Waals surface area contributed by atoms with Crippen molar-refractivity contribution in [2.75, 3.05) is 6.54 Å². The molecule has 0 saturated carbocycles. The van der Waals surface area contributed by atoms with Crippen LogP contribution in [0, 0.1) is 6.92 Å². The number of aliphatic imine (C=N–C) groups is 1. The number of guanidine groups is 1. The second-order valence-corrected chi connectivity index (χ2v) is 8.64. The largest absolute Gasteiger partial charge is 0.438 e. The molecule has 1 heterocycles. The fourth-order valence-electron chi connectivity index (χ4n) is 2.83.